The van der Waals surface area contributed by atoms with E-state index in [1.54, 1.807) is 24.3 Å². The SMILES string of the molecule is Cc1cccc2sc(NC(=O)c3nn(C)c(=O)c4ccccc34)nc12. The number of rotatable bonds is 2. The summed E-state index contributed by atoms with van der Waals surface area (Å²) in [5, 5.41) is 8.44. The number of carbonyl (C=O) groups excluding carboxylic acids is 1. The van der Waals surface area contributed by atoms with Crippen molar-refractivity contribution in [2.45, 2.75) is 6.92 Å². The maximum atomic E-state index is 12.7. The molecule has 1 amide bonds. The van der Waals surface area contributed by atoms with Gasteiger partial charge in [0.15, 0.2) is 10.8 Å². The molecule has 0 aliphatic rings. The summed E-state index contributed by atoms with van der Waals surface area (Å²) in [6.07, 6.45) is 0. The molecule has 0 fully saturated rings. The third-order valence-electron chi connectivity index (χ3n) is 4.01. The highest BCUT2D eigenvalue weighted by Gasteiger charge is 2.17. The zero-order valence-corrected chi connectivity index (χ0v) is 14.4. The lowest BCUT2D eigenvalue weighted by Crippen LogP contribution is -2.25. The molecule has 0 atom stereocenters. The lowest BCUT2D eigenvalue weighted by Gasteiger charge is -2.07. The number of hydrogen-bond donors (Lipinski definition) is 1. The van der Waals surface area contributed by atoms with Gasteiger partial charge in [0.05, 0.1) is 15.6 Å². The van der Waals surface area contributed by atoms with Gasteiger partial charge in [-0.2, -0.15) is 5.10 Å². The van der Waals surface area contributed by atoms with E-state index in [4.69, 9.17) is 0 Å². The molecular formula is C18H14N4O2S. The Morgan fingerprint density at radius 1 is 1.12 bits per heavy atom. The van der Waals surface area contributed by atoms with Crippen LogP contribution in [0.5, 0.6) is 0 Å². The molecule has 0 saturated carbocycles. The second kappa shape index (κ2) is 5.78. The molecule has 2 heterocycles. The number of hydrogen-bond acceptors (Lipinski definition) is 5. The number of thiazole rings is 1. The van der Waals surface area contributed by atoms with Gasteiger partial charge in [0.1, 0.15) is 0 Å². The van der Waals surface area contributed by atoms with Gasteiger partial charge in [0, 0.05) is 12.4 Å². The Morgan fingerprint density at radius 3 is 2.64 bits per heavy atom. The summed E-state index contributed by atoms with van der Waals surface area (Å²) in [7, 11) is 1.53. The fourth-order valence-corrected chi connectivity index (χ4v) is 3.70. The number of amides is 1. The number of fused-ring (bicyclic) bond motifs is 2. The summed E-state index contributed by atoms with van der Waals surface area (Å²) in [6.45, 7) is 1.98. The maximum absolute atomic E-state index is 12.7. The molecule has 4 rings (SSSR count). The number of carbonyl (C=O) groups is 1. The number of anilines is 1. The minimum absolute atomic E-state index is 0.202. The van der Waals surface area contributed by atoms with Gasteiger partial charge >= 0.3 is 0 Å². The molecule has 0 aliphatic heterocycles. The first-order valence-corrected chi connectivity index (χ1v) is 8.50. The smallest absolute Gasteiger partial charge is 0.278 e. The molecule has 7 heteroatoms. The second-order valence-corrected chi connectivity index (χ2v) is 6.75. The van der Waals surface area contributed by atoms with Crippen LogP contribution in [0.4, 0.5) is 5.13 Å². The highest BCUT2D eigenvalue weighted by Crippen LogP contribution is 2.28. The van der Waals surface area contributed by atoms with Crippen LogP contribution < -0.4 is 10.9 Å². The van der Waals surface area contributed by atoms with Crippen molar-refractivity contribution in [1.29, 1.82) is 0 Å². The first-order chi connectivity index (χ1) is 12.0. The van der Waals surface area contributed by atoms with Crippen molar-refractivity contribution < 1.29 is 4.79 Å². The number of benzene rings is 2. The first kappa shape index (κ1) is 15.5. The van der Waals surface area contributed by atoms with Crippen LogP contribution in [-0.4, -0.2) is 20.7 Å². The number of para-hydroxylation sites is 1. The van der Waals surface area contributed by atoms with Crippen LogP contribution in [0.3, 0.4) is 0 Å². The van der Waals surface area contributed by atoms with Crippen LogP contribution in [0, 0.1) is 6.92 Å². The predicted octanol–water partition coefficient (Wildman–Crippen LogP) is 3.10. The molecule has 1 N–H and O–H groups in total. The Morgan fingerprint density at radius 2 is 1.88 bits per heavy atom. The van der Waals surface area contributed by atoms with Crippen LogP contribution in [0.2, 0.25) is 0 Å². The van der Waals surface area contributed by atoms with E-state index >= 15 is 0 Å². The molecule has 124 valence electrons. The fraction of sp³-hybridized carbons (Fsp3) is 0.111. The van der Waals surface area contributed by atoms with Crippen molar-refractivity contribution in [3.63, 3.8) is 0 Å². The highest BCUT2D eigenvalue weighted by atomic mass is 32.1. The van der Waals surface area contributed by atoms with Gasteiger partial charge in [0.2, 0.25) is 0 Å². The molecule has 2 aromatic heterocycles. The zero-order valence-electron chi connectivity index (χ0n) is 13.6. The Bertz CT molecular complexity index is 1190. The van der Waals surface area contributed by atoms with Crippen molar-refractivity contribution in [1.82, 2.24) is 14.8 Å². The number of nitrogens with one attached hydrogen (secondary N) is 1. The van der Waals surface area contributed by atoms with Crippen molar-refractivity contribution in [3.05, 3.63) is 64.1 Å². The first-order valence-electron chi connectivity index (χ1n) is 7.68. The molecule has 2 aromatic carbocycles. The van der Waals surface area contributed by atoms with Gasteiger partial charge in [-0.3, -0.25) is 14.9 Å². The Hall–Kier alpha value is -3.06. The maximum Gasteiger partial charge on any atom is 0.278 e. The molecule has 0 radical (unpaired) electrons. The van der Waals surface area contributed by atoms with Gasteiger partial charge in [-0.1, -0.05) is 41.7 Å². The predicted molar refractivity (Wildman–Crippen MR) is 99.3 cm³/mol. The average molecular weight is 350 g/mol. The van der Waals surface area contributed by atoms with Crippen LogP contribution >= 0.6 is 11.3 Å². The molecule has 0 unspecified atom stereocenters. The highest BCUT2D eigenvalue weighted by molar-refractivity contribution is 7.22. The van der Waals surface area contributed by atoms with E-state index < -0.39 is 0 Å². The summed E-state index contributed by atoms with van der Waals surface area (Å²) >= 11 is 1.41. The Balaban J connectivity index is 1.78. The van der Waals surface area contributed by atoms with Gasteiger partial charge < -0.3 is 0 Å². The summed E-state index contributed by atoms with van der Waals surface area (Å²) in [5.74, 6) is -0.386. The molecule has 6 nitrogen and oxygen atoms in total. The zero-order chi connectivity index (χ0) is 17.6. The van der Waals surface area contributed by atoms with E-state index in [1.807, 2.05) is 25.1 Å². The topological polar surface area (TPSA) is 76.9 Å². The molecule has 0 saturated heterocycles. The fourth-order valence-electron chi connectivity index (χ4n) is 2.76. The number of aryl methyl sites for hydroxylation is 2. The average Bonchev–Trinajstić information content (AvgIpc) is 3.02. The molecule has 4 aromatic rings. The lowest BCUT2D eigenvalue weighted by atomic mass is 10.1. The monoisotopic (exact) mass is 350 g/mol. The summed E-state index contributed by atoms with van der Waals surface area (Å²) < 4.78 is 2.19. The lowest BCUT2D eigenvalue weighted by molar-refractivity contribution is 0.102. The van der Waals surface area contributed by atoms with Crippen molar-refractivity contribution >= 4 is 43.4 Å². The van der Waals surface area contributed by atoms with E-state index in [0.29, 0.717) is 15.9 Å². The Labute approximate surface area is 146 Å². The third-order valence-corrected chi connectivity index (χ3v) is 4.95. The summed E-state index contributed by atoms with van der Waals surface area (Å²) in [5.41, 5.74) is 1.90. The van der Waals surface area contributed by atoms with E-state index in [2.05, 4.69) is 15.4 Å². The van der Waals surface area contributed by atoms with Crippen LogP contribution in [0.1, 0.15) is 16.1 Å². The quantitative estimate of drug-likeness (QED) is 0.603. The Kier molecular flexibility index (Phi) is 3.58. The minimum atomic E-state index is -0.386. The van der Waals surface area contributed by atoms with Crippen molar-refractivity contribution in [3.8, 4) is 0 Å². The minimum Gasteiger partial charge on any atom is -0.296 e. The van der Waals surface area contributed by atoms with Gasteiger partial charge in [0.25, 0.3) is 11.5 Å². The van der Waals surface area contributed by atoms with Gasteiger partial charge in [-0.15, -0.1) is 0 Å². The van der Waals surface area contributed by atoms with E-state index in [1.165, 1.54) is 23.1 Å². The molecular weight excluding hydrogens is 336 g/mol. The second-order valence-electron chi connectivity index (χ2n) is 5.72. The third kappa shape index (κ3) is 2.58. The van der Waals surface area contributed by atoms with Gasteiger partial charge in [-0.25, -0.2) is 9.67 Å². The van der Waals surface area contributed by atoms with Crippen LogP contribution in [0.15, 0.2) is 47.3 Å². The normalized spacial score (nSPS) is 11.1. The standard InChI is InChI=1S/C18H14N4O2S/c1-10-6-5-9-13-14(10)19-18(25-13)20-16(23)15-11-7-3-4-8-12(11)17(24)22(2)21-15/h3-9H,1-2H3,(H,19,20,23). The van der Waals surface area contributed by atoms with Crippen LogP contribution in [-0.2, 0) is 7.05 Å². The van der Waals surface area contributed by atoms with Crippen LogP contribution in [0.25, 0.3) is 21.0 Å². The van der Waals surface area contributed by atoms with Crippen molar-refractivity contribution in [2.24, 2.45) is 7.05 Å². The molecule has 0 spiro atoms. The summed E-state index contributed by atoms with van der Waals surface area (Å²) in [4.78, 5) is 29.4. The number of aromatic nitrogens is 3. The van der Waals surface area contributed by atoms with E-state index in [0.717, 1.165) is 15.8 Å². The molecule has 0 aliphatic carbocycles. The largest absolute Gasteiger partial charge is 0.296 e. The summed E-state index contributed by atoms with van der Waals surface area (Å²) in [6, 6.07) is 12.9. The van der Waals surface area contributed by atoms with E-state index in [9.17, 15) is 9.59 Å². The number of nitrogens with zero attached hydrogens (tertiary/aromatic N) is 3. The molecule has 0 bridgehead atoms. The van der Waals surface area contributed by atoms with Gasteiger partial charge in [-0.05, 0) is 24.6 Å². The van der Waals surface area contributed by atoms with Crippen molar-refractivity contribution in [2.75, 3.05) is 5.32 Å². The molecule has 25 heavy (non-hydrogen) atoms. The van der Waals surface area contributed by atoms with E-state index in [-0.39, 0.29) is 17.2 Å².